The summed E-state index contributed by atoms with van der Waals surface area (Å²) in [7, 11) is 1.52. The molecule has 0 aliphatic carbocycles. The van der Waals surface area contributed by atoms with Gasteiger partial charge in [-0.15, -0.1) is 0 Å². The molecule has 2 rings (SSSR count). The number of hydrogen-bond donors (Lipinski definition) is 1. The molecule has 0 aliphatic heterocycles. The van der Waals surface area contributed by atoms with Gasteiger partial charge < -0.3 is 14.6 Å². The molecular formula is C17H15ClO3. The standard InChI is InChI=1S/C17H15ClO3/c1-20-16-11-15(18)10-14(12-19)17(16)21-9-5-8-13-6-3-2-4-7-13/h2-4,6-7,10-11,19H,9,12H2,1H3. The smallest absolute Gasteiger partial charge is 0.168 e. The minimum Gasteiger partial charge on any atom is -0.493 e. The Kier molecular flexibility index (Phi) is 5.51. The maximum absolute atomic E-state index is 9.37. The van der Waals surface area contributed by atoms with Crippen LogP contribution < -0.4 is 9.47 Å². The summed E-state index contributed by atoms with van der Waals surface area (Å²) in [6.45, 7) is 0.0122. The summed E-state index contributed by atoms with van der Waals surface area (Å²) in [6.07, 6.45) is 0. The van der Waals surface area contributed by atoms with E-state index in [0.717, 1.165) is 5.56 Å². The van der Waals surface area contributed by atoms with Gasteiger partial charge in [-0.25, -0.2) is 0 Å². The fourth-order valence-corrected chi connectivity index (χ4v) is 2.05. The van der Waals surface area contributed by atoms with Gasteiger partial charge in [0.05, 0.1) is 13.7 Å². The van der Waals surface area contributed by atoms with Gasteiger partial charge in [-0.05, 0) is 18.2 Å². The van der Waals surface area contributed by atoms with Crippen LogP contribution in [0.3, 0.4) is 0 Å². The summed E-state index contributed by atoms with van der Waals surface area (Å²) < 4.78 is 10.8. The van der Waals surface area contributed by atoms with Gasteiger partial charge in [0.2, 0.25) is 0 Å². The van der Waals surface area contributed by atoms with Crippen LogP contribution in [0.2, 0.25) is 5.02 Å². The molecule has 0 heterocycles. The minimum absolute atomic E-state index is 0.182. The van der Waals surface area contributed by atoms with Crippen molar-refractivity contribution < 1.29 is 14.6 Å². The number of aliphatic hydroxyl groups excluding tert-OH is 1. The van der Waals surface area contributed by atoms with Gasteiger partial charge in [-0.3, -0.25) is 0 Å². The van der Waals surface area contributed by atoms with Crippen LogP contribution in [-0.2, 0) is 6.61 Å². The fraction of sp³-hybridized carbons (Fsp3) is 0.176. The first-order valence-electron chi connectivity index (χ1n) is 6.38. The van der Waals surface area contributed by atoms with Crippen molar-refractivity contribution in [3.63, 3.8) is 0 Å². The summed E-state index contributed by atoms with van der Waals surface area (Å²) in [6, 6.07) is 12.9. The summed E-state index contributed by atoms with van der Waals surface area (Å²) in [5.74, 6) is 6.87. The molecule has 1 N–H and O–H groups in total. The number of ether oxygens (including phenoxy) is 2. The Morgan fingerprint density at radius 1 is 1.19 bits per heavy atom. The van der Waals surface area contributed by atoms with Crippen molar-refractivity contribution in [3.8, 4) is 23.3 Å². The van der Waals surface area contributed by atoms with Gasteiger partial charge in [0, 0.05) is 22.2 Å². The third kappa shape index (κ3) is 4.16. The Labute approximate surface area is 129 Å². The van der Waals surface area contributed by atoms with Gasteiger partial charge in [0.25, 0.3) is 0 Å². The van der Waals surface area contributed by atoms with E-state index in [4.69, 9.17) is 21.1 Å². The van der Waals surface area contributed by atoms with Crippen LogP contribution in [0.4, 0.5) is 0 Å². The van der Waals surface area contributed by atoms with E-state index in [9.17, 15) is 5.11 Å². The molecule has 3 nitrogen and oxygen atoms in total. The number of aliphatic hydroxyl groups is 1. The highest BCUT2D eigenvalue weighted by atomic mass is 35.5. The van der Waals surface area contributed by atoms with Crippen LogP contribution in [0.25, 0.3) is 0 Å². The summed E-state index contributed by atoms with van der Waals surface area (Å²) >= 11 is 5.95. The number of rotatable bonds is 4. The van der Waals surface area contributed by atoms with Crippen molar-refractivity contribution >= 4 is 11.6 Å². The molecule has 0 atom stereocenters. The highest BCUT2D eigenvalue weighted by molar-refractivity contribution is 6.30. The molecular weight excluding hydrogens is 288 g/mol. The first-order chi connectivity index (χ1) is 10.2. The molecule has 0 aromatic heterocycles. The molecule has 0 spiro atoms. The van der Waals surface area contributed by atoms with Crippen molar-refractivity contribution in [3.05, 3.63) is 58.6 Å². The van der Waals surface area contributed by atoms with Crippen LogP contribution in [0.1, 0.15) is 11.1 Å². The number of benzene rings is 2. The fourth-order valence-electron chi connectivity index (χ4n) is 1.82. The third-order valence-corrected chi connectivity index (χ3v) is 3.00. The van der Waals surface area contributed by atoms with Gasteiger partial charge in [-0.2, -0.15) is 0 Å². The van der Waals surface area contributed by atoms with E-state index in [1.165, 1.54) is 7.11 Å². The molecule has 2 aromatic carbocycles. The second-order valence-electron chi connectivity index (χ2n) is 4.21. The maximum Gasteiger partial charge on any atom is 0.168 e. The van der Waals surface area contributed by atoms with Gasteiger partial charge >= 0.3 is 0 Å². The average molecular weight is 303 g/mol. The van der Waals surface area contributed by atoms with Crippen molar-refractivity contribution in [2.24, 2.45) is 0 Å². The van der Waals surface area contributed by atoms with E-state index in [2.05, 4.69) is 11.8 Å². The zero-order valence-corrected chi connectivity index (χ0v) is 12.4. The minimum atomic E-state index is -0.182. The first kappa shape index (κ1) is 15.2. The number of methoxy groups -OCH3 is 1. The average Bonchev–Trinajstić information content (AvgIpc) is 2.52. The van der Waals surface area contributed by atoms with Crippen LogP contribution in [0.5, 0.6) is 11.5 Å². The number of hydrogen-bond acceptors (Lipinski definition) is 3. The summed E-state index contributed by atoms with van der Waals surface area (Å²) in [5.41, 5.74) is 1.49. The molecule has 0 radical (unpaired) electrons. The normalized spacial score (nSPS) is 9.67. The van der Waals surface area contributed by atoms with E-state index < -0.39 is 0 Å². The van der Waals surface area contributed by atoms with Crippen molar-refractivity contribution in [2.75, 3.05) is 13.7 Å². The lowest BCUT2D eigenvalue weighted by Crippen LogP contribution is -2.01. The topological polar surface area (TPSA) is 38.7 Å². The zero-order chi connectivity index (χ0) is 15.1. The first-order valence-corrected chi connectivity index (χ1v) is 6.76. The Morgan fingerprint density at radius 2 is 1.95 bits per heavy atom. The van der Waals surface area contributed by atoms with E-state index in [1.54, 1.807) is 12.1 Å². The van der Waals surface area contributed by atoms with Crippen molar-refractivity contribution in [1.29, 1.82) is 0 Å². The second-order valence-corrected chi connectivity index (χ2v) is 4.65. The van der Waals surface area contributed by atoms with Gasteiger partial charge in [0.15, 0.2) is 11.5 Å². The molecule has 4 heteroatoms. The lowest BCUT2D eigenvalue weighted by molar-refractivity contribution is 0.265. The van der Waals surface area contributed by atoms with Crippen LogP contribution in [0.15, 0.2) is 42.5 Å². The monoisotopic (exact) mass is 302 g/mol. The quantitative estimate of drug-likeness (QED) is 0.881. The molecule has 2 aromatic rings. The molecule has 108 valence electrons. The Balaban J connectivity index is 2.11. The largest absolute Gasteiger partial charge is 0.493 e. The lowest BCUT2D eigenvalue weighted by Gasteiger charge is -2.13. The van der Waals surface area contributed by atoms with Crippen LogP contribution in [0, 0.1) is 11.8 Å². The van der Waals surface area contributed by atoms with Crippen LogP contribution in [-0.4, -0.2) is 18.8 Å². The maximum atomic E-state index is 9.37. The van der Waals surface area contributed by atoms with E-state index in [1.807, 2.05) is 30.3 Å². The summed E-state index contributed by atoms with van der Waals surface area (Å²) in [4.78, 5) is 0. The predicted molar refractivity (Wildman–Crippen MR) is 82.7 cm³/mol. The van der Waals surface area contributed by atoms with Gasteiger partial charge in [-0.1, -0.05) is 41.6 Å². The van der Waals surface area contributed by atoms with Gasteiger partial charge in [0.1, 0.15) is 6.61 Å². The predicted octanol–water partition coefficient (Wildman–Crippen LogP) is 3.27. The summed E-state index contributed by atoms with van der Waals surface area (Å²) in [5, 5.41) is 9.85. The molecule has 0 fully saturated rings. The molecule has 0 bridgehead atoms. The lowest BCUT2D eigenvalue weighted by atomic mass is 10.2. The Morgan fingerprint density at radius 3 is 2.62 bits per heavy atom. The number of halogens is 1. The highest BCUT2D eigenvalue weighted by Gasteiger charge is 2.11. The Bertz CT molecular complexity index is 632. The van der Waals surface area contributed by atoms with Crippen LogP contribution >= 0.6 is 11.6 Å². The van der Waals surface area contributed by atoms with Crippen molar-refractivity contribution in [2.45, 2.75) is 6.61 Å². The van der Waals surface area contributed by atoms with E-state index in [-0.39, 0.29) is 13.2 Å². The second kappa shape index (κ2) is 7.58. The Hall–Kier alpha value is -2.15. The van der Waals surface area contributed by atoms with E-state index in [0.29, 0.717) is 22.1 Å². The molecule has 0 unspecified atom stereocenters. The molecule has 21 heavy (non-hydrogen) atoms. The molecule has 0 saturated carbocycles. The molecule has 0 aliphatic rings. The molecule has 0 amide bonds. The zero-order valence-electron chi connectivity index (χ0n) is 11.6. The third-order valence-electron chi connectivity index (χ3n) is 2.78. The SMILES string of the molecule is COc1cc(Cl)cc(CO)c1OCC#Cc1ccccc1. The highest BCUT2D eigenvalue weighted by Crippen LogP contribution is 2.34. The van der Waals surface area contributed by atoms with E-state index >= 15 is 0 Å². The van der Waals surface area contributed by atoms with Crippen molar-refractivity contribution in [1.82, 2.24) is 0 Å². The molecule has 0 saturated heterocycles.